The van der Waals surface area contributed by atoms with Crippen molar-refractivity contribution in [1.82, 2.24) is 10.3 Å². The number of amides is 1. The first kappa shape index (κ1) is 14.2. The van der Waals surface area contributed by atoms with Gasteiger partial charge in [0.2, 0.25) is 0 Å². The van der Waals surface area contributed by atoms with Crippen LogP contribution in [0.5, 0.6) is 0 Å². The van der Waals surface area contributed by atoms with E-state index in [1.54, 1.807) is 6.20 Å². The van der Waals surface area contributed by atoms with Crippen LogP contribution in [0.25, 0.3) is 0 Å². The van der Waals surface area contributed by atoms with Gasteiger partial charge in [0, 0.05) is 25.0 Å². The summed E-state index contributed by atoms with van der Waals surface area (Å²) >= 11 is 2.04. The van der Waals surface area contributed by atoms with Crippen molar-refractivity contribution in [2.24, 2.45) is 5.92 Å². The first-order valence-corrected chi connectivity index (χ1v) is 8.01. The second kappa shape index (κ2) is 7.38. The zero-order chi connectivity index (χ0) is 13.5. The van der Waals surface area contributed by atoms with Crippen molar-refractivity contribution in [3.63, 3.8) is 0 Å². The van der Waals surface area contributed by atoms with Crippen molar-refractivity contribution in [3.05, 3.63) is 24.0 Å². The van der Waals surface area contributed by atoms with E-state index in [0.29, 0.717) is 12.2 Å². The van der Waals surface area contributed by atoms with Gasteiger partial charge in [-0.3, -0.25) is 9.78 Å². The molecule has 1 aliphatic heterocycles. The average Bonchev–Trinajstić information content (AvgIpc) is 2.47. The summed E-state index contributed by atoms with van der Waals surface area (Å²) in [7, 11) is 0. The van der Waals surface area contributed by atoms with Crippen molar-refractivity contribution in [2.75, 3.05) is 29.9 Å². The molecule has 4 nitrogen and oxygen atoms in total. The molecule has 0 atom stereocenters. The van der Waals surface area contributed by atoms with E-state index in [-0.39, 0.29) is 5.91 Å². The summed E-state index contributed by atoms with van der Waals surface area (Å²) in [6.07, 6.45) is 4.25. The summed E-state index contributed by atoms with van der Waals surface area (Å²) in [5.41, 5.74) is 1.46. The predicted octanol–water partition coefficient (Wildman–Crippen LogP) is 2.39. The van der Waals surface area contributed by atoms with Crippen molar-refractivity contribution >= 4 is 23.4 Å². The monoisotopic (exact) mass is 279 g/mol. The number of rotatable bonds is 5. The summed E-state index contributed by atoms with van der Waals surface area (Å²) in [4.78, 5) is 15.8. The molecule has 19 heavy (non-hydrogen) atoms. The van der Waals surface area contributed by atoms with E-state index in [0.717, 1.165) is 18.2 Å². The van der Waals surface area contributed by atoms with E-state index in [4.69, 9.17) is 0 Å². The Hall–Kier alpha value is -1.23. The molecule has 0 aromatic carbocycles. The van der Waals surface area contributed by atoms with Crippen LogP contribution in [-0.4, -0.2) is 35.5 Å². The van der Waals surface area contributed by atoms with Gasteiger partial charge >= 0.3 is 0 Å². The first-order valence-electron chi connectivity index (χ1n) is 6.85. The number of nitrogens with zero attached hydrogens (tertiary/aromatic N) is 1. The topological polar surface area (TPSA) is 54.0 Å². The van der Waals surface area contributed by atoms with Gasteiger partial charge in [0.05, 0.1) is 0 Å². The molecule has 1 aliphatic rings. The van der Waals surface area contributed by atoms with E-state index in [2.05, 4.69) is 15.6 Å². The maximum atomic E-state index is 11.7. The lowest BCUT2D eigenvalue weighted by Gasteiger charge is -2.22. The van der Waals surface area contributed by atoms with Gasteiger partial charge in [-0.2, -0.15) is 11.8 Å². The molecule has 1 aromatic heterocycles. The standard InChI is InChI=1S/C14H21N3OS/c1-2-15-14(18)13-9-12(3-6-16-13)17-10-11-4-7-19-8-5-11/h3,6,9,11H,2,4-5,7-8,10H2,1H3,(H,15,18)(H,16,17). The Bertz CT molecular complexity index is 419. The molecule has 0 saturated carbocycles. The molecule has 0 bridgehead atoms. The maximum Gasteiger partial charge on any atom is 0.269 e. The molecule has 1 fully saturated rings. The maximum absolute atomic E-state index is 11.7. The lowest BCUT2D eigenvalue weighted by atomic mass is 10.0. The molecule has 1 aromatic rings. The van der Waals surface area contributed by atoms with Crippen LogP contribution in [0.3, 0.4) is 0 Å². The minimum atomic E-state index is -0.111. The third-order valence-corrected chi connectivity index (χ3v) is 4.31. The second-order valence-corrected chi connectivity index (χ2v) is 5.95. The Kier molecular flexibility index (Phi) is 5.51. The largest absolute Gasteiger partial charge is 0.385 e. The zero-order valence-corrected chi connectivity index (χ0v) is 12.1. The molecule has 2 rings (SSSR count). The average molecular weight is 279 g/mol. The van der Waals surface area contributed by atoms with E-state index in [1.807, 2.05) is 30.8 Å². The minimum Gasteiger partial charge on any atom is -0.385 e. The molecule has 2 heterocycles. The van der Waals surface area contributed by atoms with Crippen LogP contribution in [0.1, 0.15) is 30.3 Å². The molecular weight excluding hydrogens is 258 g/mol. The van der Waals surface area contributed by atoms with Crippen LogP contribution in [0, 0.1) is 5.92 Å². The van der Waals surface area contributed by atoms with E-state index in [9.17, 15) is 4.79 Å². The van der Waals surface area contributed by atoms with Crippen LogP contribution in [0.2, 0.25) is 0 Å². The van der Waals surface area contributed by atoms with Crippen molar-refractivity contribution in [3.8, 4) is 0 Å². The Morgan fingerprint density at radius 3 is 3.00 bits per heavy atom. The van der Waals surface area contributed by atoms with Crippen molar-refractivity contribution in [2.45, 2.75) is 19.8 Å². The van der Waals surface area contributed by atoms with E-state index >= 15 is 0 Å². The summed E-state index contributed by atoms with van der Waals surface area (Å²) in [6.45, 7) is 3.51. The van der Waals surface area contributed by atoms with Gasteiger partial charge in [-0.25, -0.2) is 0 Å². The quantitative estimate of drug-likeness (QED) is 0.869. The van der Waals surface area contributed by atoms with Gasteiger partial charge in [0.1, 0.15) is 5.69 Å². The lowest BCUT2D eigenvalue weighted by molar-refractivity contribution is 0.0951. The third-order valence-electron chi connectivity index (χ3n) is 3.27. The van der Waals surface area contributed by atoms with Gasteiger partial charge in [-0.15, -0.1) is 0 Å². The number of carbonyl (C=O) groups is 1. The number of pyridine rings is 1. The molecule has 1 saturated heterocycles. The SMILES string of the molecule is CCNC(=O)c1cc(NCC2CCSCC2)ccn1. The molecule has 0 radical (unpaired) electrons. The van der Waals surface area contributed by atoms with Crippen molar-refractivity contribution in [1.29, 1.82) is 0 Å². The summed E-state index contributed by atoms with van der Waals surface area (Å²) in [5, 5.41) is 6.19. The highest BCUT2D eigenvalue weighted by Crippen LogP contribution is 2.23. The Labute approximate surface area is 118 Å². The lowest BCUT2D eigenvalue weighted by Crippen LogP contribution is -2.24. The molecule has 104 valence electrons. The summed E-state index contributed by atoms with van der Waals surface area (Å²) < 4.78 is 0. The van der Waals surface area contributed by atoms with Crippen LogP contribution in [0.15, 0.2) is 18.3 Å². The highest BCUT2D eigenvalue weighted by molar-refractivity contribution is 7.99. The van der Waals surface area contributed by atoms with E-state index in [1.165, 1.54) is 24.3 Å². The number of anilines is 1. The molecule has 1 amide bonds. The van der Waals surface area contributed by atoms with E-state index < -0.39 is 0 Å². The minimum absolute atomic E-state index is 0.111. The predicted molar refractivity (Wildman–Crippen MR) is 80.8 cm³/mol. The number of aromatic nitrogens is 1. The second-order valence-electron chi connectivity index (χ2n) is 4.73. The first-order chi connectivity index (χ1) is 9.29. The Balaban J connectivity index is 1.89. The van der Waals surface area contributed by atoms with Crippen LogP contribution in [0.4, 0.5) is 5.69 Å². The number of hydrogen-bond donors (Lipinski definition) is 2. The highest BCUT2D eigenvalue weighted by atomic mass is 32.2. The fourth-order valence-corrected chi connectivity index (χ4v) is 3.33. The Morgan fingerprint density at radius 1 is 1.47 bits per heavy atom. The normalized spacial score (nSPS) is 16.1. The Morgan fingerprint density at radius 2 is 2.26 bits per heavy atom. The van der Waals surface area contributed by atoms with Crippen LogP contribution >= 0.6 is 11.8 Å². The van der Waals surface area contributed by atoms with Crippen LogP contribution in [-0.2, 0) is 0 Å². The molecule has 0 spiro atoms. The van der Waals surface area contributed by atoms with Crippen LogP contribution < -0.4 is 10.6 Å². The van der Waals surface area contributed by atoms with Gasteiger partial charge in [-0.05, 0) is 49.3 Å². The molecule has 2 N–H and O–H groups in total. The highest BCUT2D eigenvalue weighted by Gasteiger charge is 2.13. The van der Waals surface area contributed by atoms with Gasteiger partial charge in [-0.1, -0.05) is 0 Å². The smallest absolute Gasteiger partial charge is 0.269 e. The van der Waals surface area contributed by atoms with Gasteiger partial charge in [0.15, 0.2) is 0 Å². The van der Waals surface area contributed by atoms with Crippen molar-refractivity contribution < 1.29 is 4.79 Å². The molecule has 0 unspecified atom stereocenters. The summed E-state index contributed by atoms with van der Waals surface area (Å²) in [6, 6.07) is 3.74. The fraction of sp³-hybridized carbons (Fsp3) is 0.571. The molecule has 5 heteroatoms. The summed E-state index contributed by atoms with van der Waals surface area (Å²) in [5.74, 6) is 3.18. The fourth-order valence-electron chi connectivity index (χ4n) is 2.13. The number of carbonyl (C=O) groups excluding carboxylic acids is 1. The molecule has 0 aliphatic carbocycles. The third kappa shape index (κ3) is 4.42. The number of hydrogen-bond acceptors (Lipinski definition) is 4. The number of nitrogens with one attached hydrogen (secondary N) is 2. The van der Waals surface area contributed by atoms with Gasteiger partial charge < -0.3 is 10.6 Å². The number of thioether (sulfide) groups is 1. The zero-order valence-electron chi connectivity index (χ0n) is 11.3. The van der Waals surface area contributed by atoms with Gasteiger partial charge in [0.25, 0.3) is 5.91 Å². The molecular formula is C14H21N3OS.